The third-order valence-corrected chi connectivity index (χ3v) is 8.90. The number of anilines is 1. The molecule has 1 fully saturated rings. The van der Waals surface area contributed by atoms with Crippen molar-refractivity contribution in [1.82, 2.24) is 9.80 Å². The lowest BCUT2D eigenvalue weighted by molar-refractivity contribution is -0.153. The van der Waals surface area contributed by atoms with Crippen molar-refractivity contribution in [2.75, 3.05) is 33.0 Å². The minimum absolute atomic E-state index is 0.0345. The van der Waals surface area contributed by atoms with Gasteiger partial charge in [-0.25, -0.2) is 4.39 Å². The van der Waals surface area contributed by atoms with Crippen LogP contribution in [0.1, 0.15) is 30.0 Å². The Kier molecular flexibility index (Phi) is 6.32. The van der Waals surface area contributed by atoms with Crippen LogP contribution in [0.4, 0.5) is 10.1 Å². The Labute approximate surface area is 228 Å². The number of hydrogen-bond donors (Lipinski definition) is 6. The number of aliphatic hydroxyl groups is 3. The number of primary amides is 1. The molecule has 0 bridgehead atoms. The van der Waals surface area contributed by atoms with E-state index < -0.39 is 92.7 Å². The maximum absolute atomic E-state index is 16.1. The summed E-state index contributed by atoms with van der Waals surface area (Å²) in [6.07, 6.45) is -0.363. The van der Waals surface area contributed by atoms with Crippen molar-refractivity contribution in [3.8, 4) is 5.75 Å². The summed E-state index contributed by atoms with van der Waals surface area (Å²) < 4.78 is 16.1. The molecule has 1 heterocycles. The van der Waals surface area contributed by atoms with Gasteiger partial charge in [0.15, 0.2) is 17.1 Å². The zero-order chi connectivity index (χ0) is 29.6. The van der Waals surface area contributed by atoms with Gasteiger partial charge in [0.25, 0.3) is 5.91 Å². The third-order valence-electron chi connectivity index (χ3n) is 8.90. The van der Waals surface area contributed by atoms with Crippen LogP contribution in [0, 0.1) is 17.7 Å². The van der Waals surface area contributed by atoms with E-state index in [9.17, 15) is 39.6 Å². The van der Waals surface area contributed by atoms with Gasteiger partial charge in [0.05, 0.1) is 23.3 Å². The first-order chi connectivity index (χ1) is 18.7. The molecule has 0 aromatic heterocycles. The fourth-order valence-electron chi connectivity index (χ4n) is 6.79. The molecule has 12 nitrogen and oxygen atoms in total. The van der Waals surface area contributed by atoms with E-state index in [0.717, 1.165) is 0 Å². The number of rotatable bonds is 4. The Hall–Kier alpha value is -3.81. The van der Waals surface area contributed by atoms with E-state index in [-0.39, 0.29) is 36.1 Å². The molecule has 1 unspecified atom stereocenters. The van der Waals surface area contributed by atoms with E-state index in [4.69, 9.17) is 5.73 Å². The molecule has 2 amide bonds. The Balaban J connectivity index is 1.71. The number of hydrogen-bond acceptors (Lipinski definition) is 10. The smallest absolute Gasteiger partial charge is 0.255 e. The van der Waals surface area contributed by atoms with Crippen LogP contribution in [-0.2, 0) is 32.0 Å². The first-order valence-corrected chi connectivity index (χ1v) is 12.9. The summed E-state index contributed by atoms with van der Waals surface area (Å²) in [4.78, 5) is 55.0. The highest BCUT2D eigenvalue weighted by molar-refractivity contribution is 6.24. The molecule has 0 saturated heterocycles. The lowest BCUT2D eigenvalue weighted by Crippen LogP contribution is -2.65. The second-order valence-corrected chi connectivity index (χ2v) is 11.1. The molecule has 40 heavy (non-hydrogen) atoms. The SMILES string of the molecule is CCN(C)C1Cc2c(F)c3c(c(O)c2NC1=O)C(O)=C1C(=O)[C@]2(O)C(O)=C(C(N)=O)C(=O)[C@@H](N(C)C)[C@@H]2C[C@@H]1C3. The number of nitrogens with one attached hydrogen (secondary N) is 1. The molecule has 214 valence electrons. The van der Waals surface area contributed by atoms with Gasteiger partial charge in [-0.1, -0.05) is 6.92 Å². The zero-order valence-corrected chi connectivity index (χ0v) is 22.4. The van der Waals surface area contributed by atoms with Crippen LogP contribution in [0.5, 0.6) is 5.75 Å². The van der Waals surface area contributed by atoms with Gasteiger partial charge < -0.3 is 31.5 Å². The minimum Gasteiger partial charge on any atom is -0.508 e. The fraction of sp³-hybridized carbons (Fsp3) is 0.481. The van der Waals surface area contributed by atoms with Crippen LogP contribution in [0.2, 0.25) is 0 Å². The number of carbonyl (C=O) groups is 4. The molecule has 1 aromatic rings. The van der Waals surface area contributed by atoms with Crippen molar-refractivity contribution in [2.24, 2.45) is 17.6 Å². The van der Waals surface area contributed by atoms with Crippen LogP contribution in [0.3, 0.4) is 0 Å². The molecule has 5 rings (SSSR count). The average molecular weight is 559 g/mol. The van der Waals surface area contributed by atoms with Gasteiger partial charge in [-0.2, -0.15) is 0 Å². The molecule has 4 aliphatic rings. The van der Waals surface area contributed by atoms with Gasteiger partial charge >= 0.3 is 0 Å². The minimum atomic E-state index is -2.79. The number of halogens is 1. The third kappa shape index (κ3) is 3.47. The Morgan fingerprint density at radius 3 is 2.35 bits per heavy atom. The van der Waals surface area contributed by atoms with Crippen molar-refractivity contribution >= 4 is 34.8 Å². The molecule has 13 heteroatoms. The standard InChI is InChI=1S/C27H31FN4O8/c1-5-32(4)13-8-11-17(28)10-6-9-7-12-19(31(2)3)22(35)16(25(29)38)24(37)27(12,40)23(36)14(9)20(33)15(10)21(34)18(11)30-26(13)39/h9,12-13,19,33-34,37,40H,5-8H2,1-4H3,(H2,29,38)(H,30,39)/t9-,12-,13?,19-,27-/m0/s1. The Morgan fingerprint density at radius 2 is 1.77 bits per heavy atom. The normalized spacial score (nSPS) is 29.8. The maximum atomic E-state index is 16.1. The molecular formula is C27H31FN4O8. The topological polar surface area (TPSA) is 194 Å². The molecular weight excluding hydrogens is 527 g/mol. The number of phenols is 1. The number of aromatic hydroxyl groups is 1. The number of fused-ring (bicyclic) bond motifs is 4. The summed E-state index contributed by atoms with van der Waals surface area (Å²) in [6.45, 7) is 2.35. The van der Waals surface area contributed by atoms with E-state index in [1.807, 2.05) is 6.92 Å². The lowest BCUT2D eigenvalue weighted by atomic mass is 9.57. The van der Waals surface area contributed by atoms with Crippen molar-refractivity contribution in [3.63, 3.8) is 0 Å². The van der Waals surface area contributed by atoms with Gasteiger partial charge in [0, 0.05) is 29.0 Å². The van der Waals surface area contributed by atoms with Crippen LogP contribution in [-0.4, -0.2) is 99.0 Å². The lowest BCUT2D eigenvalue weighted by Gasteiger charge is -2.50. The summed E-state index contributed by atoms with van der Waals surface area (Å²) in [5.74, 6) is -9.45. The Morgan fingerprint density at radius 1 is 1.12 bits per heavy atom. The van der Waals surface area contributed by atoms with E-state index >= 15 is 4.39 Å². The summed E-state index contributed by atoms with van der Waals surface area (Å²) in [5, 5.41) is 47.5. The molecule has 3 aliphatic carbocycles. The zero-order valence-electron chi connectivity index (χ0n) is 22.4. The number of Topliss-reactive ketones (excluding diaryl/α,β-unsaturated/α-hetero) is 2. The first kappa shape index (κ1) is 27.7. The summed E-state index contributed by atoms with van der Waals surface area (Å²) >= 11 is 0. The highest BCUT2D eigenvalue weighted by Gasteiger charge is 2.64. The number of ketones is 2. The van der Waals surface area contributed by atoms with E-state index in [1.165, 1.54) is 19.0 Å². The van der Waals surface area contributed by atoms with Crippen LogP contribution in [0.25, 0.3) is 5.76 Å². The van der Waals surface area contributed by atoms with Gasteiger partial charge in [-0.15, -0.1) is 0 Å². The van der Waals surface area contributed by atoms with E-state index in [2.05, 4.69) is 5.32 Å². The fourth-order valence-corrected chi connectivity index (χ4v) is 6.79. The molecule has 0 radical (unpaired) electrons. The van der Waals surface area contributed by atoms with Gasteiger partial charge in [0.2, 0.25) is 11.7 Å². The van der Waals surface area contributed by atoms with Crippen molar-refractivity contribution < 1.29 is 44.0 Å². The number of benzene rings is 1. The molecule has 1 aliphatic heterocycles. The van der Waals surface area contributed by atoms with Gasteiger partial charge in [0.1, 0.15) is 22.9 Å². The summed E-state index contributed by atoms with van der Waals surface area (Å²) in [6, 6.07) is -1.93. The number of carbonyl (C=O) groups excluding carboxylic acids is 4. The largest absolute Gasteiger partial charge is 0.508 e. The van der Waals surface area contributed by atoms with Crippen molar-refractivity contribution in [1.29, 1.82) is 0 Å². The summed E-state index contributed by atoms with van der Waals surface area (Å²) in [7, 11) is 4.70. The monoisotopic (exact) mass is 558 g/mol. The second-order valence-electron chi connectivity index (χ2n) is 11.1. The number of aliphatic hydroxyl groups excluding tert-OH is 2. The molecule has 5 atom stereocenters. The number of amides is 2. The highest BCUT2D eigenvalue weighted by Crippen LogP contribution is 2.54. The number of nitrogens with two attached hydrogens (primary N) is 1. The second kappa shape index (κ2) is 9.11. The first-order valence-electron chi connectivity index (χ1n) is 12.9. The molecule has 0 spiro atoms. The molecule has 7 N–H and O–H groups in total. The molecule has 1 aromatic carbocycles. The van der Waals surface area contributed by atoms with Crippen molar-refractivity contribution in [3.05, 3.63) is 39.4 Å². The number of phenolic OH excluding ortho intramolecular Hbond substituents is 1. The highest BCUT2D eigenvalue weighted by atomic mass is 19.1. The molecule has 1 saturated carbocycles. The quantitative estimate of drug-likeness (QED) is 0.215. The number of nitrogens with zero attached hydrogens (tertiary/aromatic N) is 2. The Bertz CT molecular complexity index is 1470. The van der Waals surface area contributed by atoms with Crippen molar-refractivity contribution in [2.45, 2.75) is 43.9 Å². The predicted molar refractivity (Wildman–Crippen MR) is 139 cm³/mol. The van der Waals surface area contributed by atoms with Crippen LogP contribution >= 0.6 is 0 Å². The average Bonchev–Trinajstić information content (AvgIpc) is 2.88. The van der Waals surface area contributed by atoms with Crippen LogP contribution < -0.4 is 11.1 Å². The van der Waals surface area contributed by atoms with Gasteiger partial charge in [-0.3, -0.25) is 29.0 Å². The van der Waals surface area contributed by atoms with E-state index in [1.54, 1.807) is 11.9 Å². The predicted octanol–water partition coefficient (Wildman–Crippen LogP) is -0.0820. The van der Waals surface area contributed by atoms with Gasteiger partial charge in [-0.05, 0) is 46.4 Å². The summed E-state index contributed by atoms with van der Waals surface area (Å²) in [5.41, 5.74) is 0.567. The van der Waals surface area contributed by atoms with Crippen LogP contribution in [0.15, 0.2) is 16.9 Å². The van der Waals surface area contributed by atoms with E-state index in [0.29, 0.717) is 6.54 Å². The number of likely N-dealkylation sites (N-methyl/N-ethyl adjacent to an activating group) is 2. The maximum Gasteiger partial charge on any atom is 0.255 e.